The van der Waals surface area contributed by atoms with Gasteiger partial charge in [0.2, 0.25) is 0 Å². The first kappa shape index (κ1) is 36.9. The minimum atomic E-state index is -3.00. The predicted octanol–water partition coefficient (Wildman–Crippen LogP) is 0.561. The Balaban J connectivity index is 1.29. The zero-order valence-corrected chi connectivity index (χ0v) is 29.6. The molecule has 2 aromatic carbocycles. The number of hydrogen-bond donors (Lipinski definition) is 7. The Morgan fingerprint density at radius 1 is 1.12 bits per heavy atom. The van der Waals surface area contributed by atoms with Crippen molar-refractivity contribution in [1.29, 1.82) is 0 Å². The Kier molecular flexibility index (Phi) is 10.3. The number of aliphatic hydroxyl groups excluding tert-OH is 5. The highest BCUT2D eigenvalue weighted by Crippen LogP contribution is 2.60. The summed E-state index contributed by atoms with van der Waals surface area (Å²) in [4.78, 5) is 40.9. The van der Waals surface area contributed by atoms with Gasteiger partial charge in [-0.2, -0.15) is 0 Å². The number of ether oxygens (including phenoxy) is 2. The zero-order valence-electron chi connectivity index (χ0n) is 28.6. The number of aliphatic hydroxyl groups is 5. The van der Waals surface area contributed by atoms with Crippen LogP contribution in [0.25, 0.3) is 0 Å². The van der Waals surface area contributed by atoms with Gasteiger partial charge < -0.3 is 50.0 Å². The van der Waals surface area contributed by atoms with Crippen LogP contribution in [0.2, 0.25) is 18.6 Å². The summed E-state index contributed by atoms with van der Waals surface area (Å²) in [5, 5.41) is 61.6. The van der Waals surface area contributed by atoms with E-state index in [4.69, 9.17) is 9.47 Å². The van der Waals surface area contributed by atoms with Gasteiger partial charge in [-0.3, -0.25) is 14.3 Å². The number of hydrogen-bond acceptors (Lipinski definition) is 12. The lowest BCUT2D eigenvalue weighted by molar-refractivity contribution is -0.274. The fraction of sp³-hybridized carbons (Fsp3) is 0.486. The summed E-state index contributed by atoms with van der Waals surface area (Å²) < 4.78 is 13.6. The second-order valence-corrected chi connectivity index (χ2v) is 18.0. The lowest BCUT2D eigenvalue weighted by Gasteiger charge is -2.37. The maximum Gasteiger partial charge on any atom is 0.264 e. The molecule has 2 fully saturated rings. The molecule has 1 unspecified atom stereocenters. The lowest BCUT2D eigenvalue weighted by Crippen LogP contribution is -2.60. The minimum absolute atomic E-state index is 0.146. The Morgan fingerprint density at radius 2 is 1.84 bits per heavy atom. The molecule has 2 saturated heterocycles. The molecule has 51 heavy (non-hydrogen) atoms. The summed E-state index contributed by atoms with van der Waals surface area (Å²) in [6.45, 7) is 9.73. The molecule has 10 atom stereocenters. The van der Waals surface area contributed by atoms with Crippen LogP contribution in [0.4, 0.5) is 11.4 Å². The minimum Gasteiger partial charge on any atom is -0.432 e. The summed E-state index contributed by atoms with van der Waals surface area (Å²) >= 11 is 0. The summed E-state index contributed by atoms with van der Waals surface area (Å²) in [5.74, 6) is -2.08. The highest BCUT2D eigenvalue weighted by atomic mass is 28.4. The van der Waals surface area contributed by atoms with Gasteiger partial charge in [-0.05, 0) is 43.3 Å². The van der Waals surface area contributed by atoms with Crippen LogP contribution >= 0.6 is 0 Å². The molecular formula is C35H45N5O10Si. The average Bonchev–Trinajstić information content (AvgIpc) is 3.75. The molecule has 1 aromatic heterocycles. The van der Waals surface area contributed by atoms with Crippen molar-refractivity contribution in [2.45, 2.75) is 86.9 Å². The fourth-order valence-electron chi connectivity index (χ4n) is 7.92. The quantitative estimate of drug-likeness (QED) is 0.107. The van der Waals surface area contributed by atoms with Crippen LogP contribution < -0.4 is 10.2 Å². The first-order chi connectivity index (χ1) is 24.2. The molecule has 0 saturated carbocycles. The Bertz CT molecular complexity index is 1750. The molecule has 2 amide bonds. The number of benzene rings is 2. The molecule has 0 bridgehead atoms. The molecule has 7 N–H and O–H groups in total. The van der Waals surface area contributed by atoms with Gasteiger partial charge in [0.25, 0.3) is 11.8 Å². The second-order valence-electron chi connectivity index (χ2n) is 14.0. The second kappa shape index (κ2) is 14.3. The lowest BCUT2D eigenvalue weighted by atomic mass is 9.82. The number of rotatable bonds is 11. The molecule has 1 spiro atoms. The molecule has 16 heteroatoms. The van der Waals surface area contributed by atoms with Crippen molar-refractivity contribution in [3.8, 4) is 0 Å². The van der Waals surface area contributed by atoms with Crippen LogP contribution in [0.15, 0.2) is 67.4 Å². The summed E-state index contributed by atoms with van der Waals surface area (Å²) in [6.07, 6.45) is -5.85. The van der Waals surface area contributed by atoms with E-state index < -0.39 is 68.1 Å². The van der Waals surface area contributed by atoms with E-state index in [1.54, 1.807) is 40.1 Å². The number of carbonyl (C=O) groups excluding carboxylic acids is 2. The number of anilines is 2. The summed E-state index contributed by atoms with van der Waals surface area (Å²) in [6, 6.07) is 14.4. The summed E-state index contributed by atoms with van der Waals surface area (Å²) in [5.41, 5.74) is 0.833. The number of aryl methyl sites for hydroxylation is 1. The number of carbonyl (C=O) groups is 2. The third-order valence-corrected chi connectivity index (χ3v) is 12.9. The monoisotopic (exact) mass is 723 g/mol. The smallest absolute Gasteiger partial charge is 0.264 e. The molecule has 4 heterocycles. The van der Waals surface area contributed by atoms with Crippen molar-refractivity contribution in [2.24, 2.45) is 5.92 Å². The van der Waals surface area contributed by atoms with Crippen molar-refractivity contribution >= 4 is 31.5 Å². The Hall–Kier alpha value is -3.84. The number of nitrogens with one attached hydrogen (secondary N) is 1. The maximum atomic E-state index is 14.5. The van der Waals surface area contributed by atoms with Crippen molar-refractivity contribution in [3.63, 3.8) is 0 Å². The highest BCUT2D eigenvalue weighted by molar-refractivity contribution is 6.71. The first-order valence-electron chi connectivity index (χ1n) is 16.9. The van der Waals surface area contributed by atoms with E-state index in [2.05, 4.69) is 22.2 Å². The first-order valence-corrected chi connectivity index (χ1v) is 20.0. The van der Waals surface area contributed by atoms with Gasteiger partial charge in [-0.25, -0.2) is 0 Å². The SMILES string of the molecule is C=CCN1C(=O)[C@@]2(O[C@@H](CCn3cc(C(CO)c4ccccc4)nn3)[C@H]([Si](C)(C)O)[C@H]2C)c2cc(NC(=O)[C@H]3O[C@@H](O)[C@H](O)[C@@H](O)[C@@H]3O)ccc21. The van der Waals surface area contributed by atoms with Crippen molar-refractivity contribution < 1.29 is 49.4 Å². The van der Waals surface area contributed by atoms with Gasteiger partial charge in [-0.15, -0.1) is 11.7 Å². The van der Waals surface area contributed by atoms with Crippen molar-refractivity contribution in [3.05, 3.63) is 84.2 Å². The van der Waals surface area contributed by atoms with Crippen molar-refractivity contribution in [1.82, 2.24) is 15.0 Å². The zero-order chi connectivity index (χ0) is 36.8. The number of aromatic nitrogens is 3. The van der Waals surface area contributed by atoms with E-state index in [9.17, 15) is 39.9 Å². The van der Waals surface area contributed by atoms with E-state index >= 15 is 0 Å². The molecule has 0 aliphatic carbocycles. The van der Waals surface area contributed by atoms with E-state index in [1.807, 2.05) is 50.3 Å². The van der Waals surface area contributed by atoms with Crippen LogP contribution in [-0.2, 0) is 31.2 Å². The topological polar surface area (TPSA) is 220 Å². The number of nitrogens with zero attached hydrogens (tertiary/aromatic N) is 4. The largest absolute Gasteiger partial charge is 0.432 e. The molecule has 3 aromatic rings. The molecule has 0 radical (unpaired) electrons. The van der Waals surface area contributed by atoms with Crippen molar-refractivity contribution in [2.75, 3.05) is 23.4 Å². The standard InChI is InChI=1S/C35H45N5O10Si/c1-5-14-40-25-12-11-21(36-32(45)30-28(43)27(42)29(44)33(46)49-30)16-23(25)35(34(40)47)19(2)31(51(3,4)48)26(50-35)13-15-39-17-24(37-38-39)22(18-41)20-9-7-6-8-10-20/h5-12,16-17,19,22,26-31,33,41-44,46,48H,1,13-15,18H2,2-4H3,(H,36,45)/t19-,22?,26+,27+,28+,29-,30+,31-,33-,35+/m1/s1. The molecule has 6 rings (SSSR count). The Morgan fingerprint density at radius 3 is 2.51 bits per heavy atom. The van der Waals surface area contributed by atoms with Gasteiger partial charge in [0, 0.05) is 42.0 Å². The third kappa shape index (κ3) is 6.56. The van der Waals surface area contributed by atoms with Crippen LogP contribution in [0.1, 0.15) is 36.1 Å². The van der Waals surface area contributed by atoms with Crippen LogP contribution in [0.3, 0.4) is 0 Å². The van der Waals surface area contributed by atoms with Gasteiger partial charge >= 0.3 is 0 Å². The normalized spacial score (nSPS) is 31.2. The van der Waals surface area contributed by atoms with Crippen LogP contribution in [-0.4, -0.2) is 115 Å². The average molecular weight is 724 g/mol. The van der Waals surface area contributed by atoms with Crippen LogP contribution in [0, 0.1) is 5.92 Å². The molecule has 15 nitrogen and oxygen atoms in total. The van der Waals surface area contributed by atoms with Gasteiger partial charge in [0.15, 0.2) is 26.3 Å². The third-order valence-electron chi connectivity index (χ3n) is 10.4. The summed E-state index contributed by atoms with van der Waals surface area (Å²) in [7, 11) is -3.00. The van der Waals surface area contributed by atoms with E-state index in [0.717, 1.165) is 5.56 Å². The van der Waals surface area contributed by atoms with Gasteiger partial charge in [0.05, 0.1) is 30.0 Å². The fourth-order valence-corrected chi connectivity index (χ4v) is 10.5. The molecular weight excluding hydrogens is 678 g/mol. The maximum absolute atomic E-state index is 14.5. The van der Waals surface area contributed by atoms with Crippen LogP contribution in [0.5, 0.6) is 0 Å². The molecule has 274 valence electrons. The molecule has 3 aliphatic rings. The molecule has 3 aliphatic heterocycles. The van der Waals surface area contributed by atoms with E-state index in [0.29, 0.717) is 29.9 Å². The number of fused-ring (bicyclic) bond motifs is 2. The predicted molar refractivity (Wildman–Crippen MR) is 186 cm³/mol. The van der Waals surface area contributed by atoms with E-state index in [1.165, 1.54) is 0 Å². The van der Waals surface area contributed by atoms with Gasteiger partial charge in [0.1, 0.15) is 18.3 Å². The van der Waals surface area contributed by atoms with Gasteiger partial charge in [-0.1, -0.05) is 48.5 Å². The van der Waals surface area contributed by atoms with E-state index in [-0.39, 0.29) is 30.7 Å². The number of amides is 2. The Labute approximate surface area is 295 Å². The highest BCUT2D eigenvalue weighted by Gasteiger charge is 2.66.